The predicted octanol–water partition coefficient (Wildman–Crippen LogP) is 0.517. The molecule has 2 heterocycles. The van der Waals surface area contributed by atoms with Gasteiger partial charge in [-0.2, -0.15) is 0 Å². The van der Waals surface area contributed by atoms with Gasteiger partial charge in [-0.1, -0.05) is 6.07 Å². The zero-order valence-electron chi connectivity index (χ0n) is 12.8. The van der Waals surface area contributed by atoms with Gasteiger partial charge in [-0.15, -0.1) is 0 Å². The van der Waals surface area contributed by atoms with E-state index >= 15 is 0 Å². The third kappa shape index (κ3) is 3.39. The first-order valence-electron chi connectivity index (χ1n) is 8.00. The van der Waals surface area contributed by atoms with Crippen LogP contribution in [0.4, 0.5) is 5.82 Å². The molecule has 6 heteroatoms. The molecular formula is C16H24N4O2. The highest BCUT2D eigenvalue weighted by Crippen LogP contribution is 2.32. The fourth-order valence-electron chi connectivity index (χ4n) is 3.02. The summed E-state index contributed by atoms with van der Waals surface area (Å²) in [5, 5.41) is 13.8. The zero-order valence-corrected chi connectivity index (χ0v) is 12.8. The number of rotatable bonds is 6. The molecule has 6 nitrogen and oxygen atoms in total. The second-order valence-corrected chi connectivity index (χ2v) is 6.48. The molecule has 0 radical (unpaired) electrons. The number of nitrogen functional groups attached to an aromatic ring is 1. The molecule has 0 spiro atoms. The molecule has 2 aliphatic rings. The number of likely N-dealkylation sites (tertiary alicyclic amines) is 1. The van der Waals surface area contributed by atoms with Crippen LogP contribution in [0.2, 0.25) is 0 Å². The van der Waals surface area contributed by atoms with Crippen LogP contribution in [-0.4, -0.2) is 46.1 Å². The van der Waals surface area contributed by atoms with E-state index in [2.05, 4.69) is 10.3 Å². The van der Waals surface area contributed by atoms with Crippen LogP contribution >= 0.6 is 0 Å². The van der Waals surface area contributed by atoms with Crippen LogP contribution in [-0.2, 0) is 11.3 Å². The van der Waals surface area contributed by atoms with Gasteiger partial charge in [0.05, 0.1) is 0 Å². The average Bonchev–Trinajstić information content (AvgIpc) is 3.30. The molecule has 22 heavy (non-hydrogen) atoms. The van der Waals surface area contributed by atoms with Gasteiger partial charge in [0, 0.05) is 37.9 Å². The highest BCUT2D eigenvalue weighted by atomic mass is 16.3. The van der Waals surface area contributed by atoms with Crippen LogP contribution in [0.25, 0.3) is 0 Å². The fraction of sp³-hybridized carbons (Fsp3) is 0.625. The Balaban J connectivity index is 1.55. The molecule has 1 aromatic rings. The quantitative estimate of drug-likeness (QED) is 0.712. The summed E-state index contributed by atoms with van der Waals surface area (Å²) in [7, 11) is 0. The average molecular weight is 304 g/mol. The largest absolute Gasteiger partial charge is 0.383 e. The first-order chi connectivity index (χ1) is 10.6. The summed E-state index contributed by atoms with van der Waals surface area (Å²) in [5.74, 6) is 0.999. The Labute approximate surface area is 130 Å². The number of hydrogen-bond acceptors (Lipinski definition) is 5. The third-order valence-corrected chi connectivity index (χ3v) is 4.54. The second-order valence-electron chi connectivity index (χ2n) is 6.48. The highest BCUT2D eigenvalue weighted by molar-refractivity contribution is 5.86. The van der Waals surface area contributed by atoms with Gasteiger partial charge in [-0.3, -0.25) is 4.79 Å². The Morgan fingerprint density at radius 2 is 2.32 bits per heavy atom. The number of piperidine rings is 1. The number of amides is 1. The lowest BCUT2D eigenvalue weighted by atomic mass is 9.91. The summed E-state index contributed by atoms with van der Waals surface area (Å²) in [6.07, 6.45) is 5.43. The predicted molar refractivity (Wildman–Crippen MR) is 83.8 cm³/mol. The van der Waals surface area contributed by atoms with E-state index in [1.54, 1.807) is 6.20 Å². The molecule has 120 valence electrons. The normalized spacial score (nSPS) is 25.5. The van der Waals surface area contributed by atoms with Crippen LogP contribution in [0, 0.1) is 5.92 Å². The number of carbonyl (C=O) groups excluding carboxylic acids is 1. The molecule has 0 bridgehead atoms. The Kier molecular flexibility index (Phi) is 4.31. The van der Waals surface area contributed by atoms with E-state index < -0.39 is 5.60 Å². The van der Waals surface area contributed by atoms with E-state index in [-0.39, 0.29) is 12.5 Å². The summed E-state index contributed by atoms with van der Waals surface area (Å²) in [4.78, 5) is 18.4. The summed E-state index contributed by atoms with van der Waals surface area (Å²) in [5.41, 5.74) is 5.39. The van der Waals surface area contributed by atoms with Gasteiger partial charge in [-0.05, 0) is 37.7 Å². The van der Waals surface area contributed by atoms with Crippen molar-refractivity contribution in [1.29, 1.82) is 0 Å². The van der Waals surface area contributed by atoms with Crippen molar-refractivity contribution in [3.63, 3.8) is 0 Å². The molecule has 2 fully saturated rings. The van der Waals surface area contributed by atoms with Crippen LogP contribution < -0.4 is 11.1 Å². The van der Waals surface area contributed by atoms with Crippen molar-refractivity contribution in [2.45, 2.75) is 37.8 Å². The number of nitrogens with zero attached hydrogens (tertiary/aromatic N) is 2. The van der Waals surface area contributed by atoms with Crippen LogP contribution in [0.5, 0.6) is 0 Å². The summed E-state index contributed by atoms with van der Waals surface area (Å²) in [6.45, 7) is 2.32. The van der Waals surface area contributed by atoms with Crippen molar-refractivity contribution >= 4 is 11.7 Å². The van der Waals surface area contributed by atoms with Crippen molar-refractivity contribution in [3.05, 3.63) is 23.9 Å². The first kappa shape index (κ1) is 15.2. The molecule has 1 saturated heterocycles. The van der Waals surface area contributed by atoms with Gasteiger partial charge in [0.15, 0.2) is 5.60 Å². The summed E-state index contributed by atoms with van der Waals surface area (Å²) >= 11 is 0. The van der Waals surface area contributed by atoms with E-state index in [0.29, 0.717) is 24.7 Å². The fourth-order valence-corrected chi connectivity index (χ4v) is 3.02. The van der Waals surface area contributed by atoms with E-state index in [9.17, 15) is 9.90 Å². The van der Waals surface area contributed by atoms with E-state index in [1.165, 1.54) is 12.8 Å². The Morgan fingerprint density at radius 1 is 1.50 bits per heavy atom. The Hall–Kier alpha value is -1.66. The number of nitrogens with one attached hydrogen (secondary N) is 1. The van der Waals surface area contributed by atoms with Crippen LogP contribution in [0.15, 0.2) is 18.3 Å². The molecule has 4 N–H and O–H groups in total. The van der Waals surface area contributed by atoms with Crippen molar-refractivity contribution in [3.8, 4) is 0 Å². The number of pyridine rings is 1. The van der Waals surface area contributed by atoms with E-state index in [0.717, 1.165) is 25.1 Å². The molecule has 1 saturated carbocycles. The topological polar surface area (TPSA) is 91.5 Å². The van der Waals surface area contributed by atoms with Gasteiger partial charge < -0.3 is 21.1 Å². The molecule has 1 aromatic heterocycles. The maximum absolute atomic E-state index is 12.5. The smallest absolute Gasteiger partial charge is 0.255 e. The maximum atomic E-state index is 12.5. The van der Waals surface area contributed by atoms with Crippen molar-refractivity contribution in [1.82, 2.24) is 15.2 Å². The number of anilines is 1. The molecular weight excluding hydrogens is 280 g/mol. The number of hydrogen-bond donors (Lipinski definition) is 3. The van der Waals surface area contributed by atoms with Gasteiger partial charge >= 0.3 is 0 Å². The monoisotopic (exact) mass is 304 g/mol. The molecule has 0 aromatic carbocycles. The maximum Gasteiger partial charge on any atom is 0.255 e. The Bertz CT molecular complexity index is 547. The molecule has 1 aliphatic carbocycles. The van der Waals surface area contributed by atoms with Gasteiger partial charge in [0.1, 0.15) is 5.82 Å². The first-order valence-corrected chi connectivity index (χ1v) is 8.00. The minimum Gasteiger partial charge on any atom is -0.383 e. The standard InChI is InChI=1S/C16H24N4O2/c17-14-13(3-1-7-19-14)9-18-11-16(22)6-2-8-20(15(16)21)10-12-4-5-12/h1,3,7,12,18,22H,2,4-6,8-11H2,(H2,17,19)/t16-/m0/s1. The molecule has 1 atom stereocenters. The van der Waals surface area contributed by atoms with Gasteiger partial charge in [0.25, 0.3) is 5.91 Å². The number of nitrogens with two attached hydrogens (primary N) is 1. The highest BCUT2D eigenvalue weighted by Gasteiger charge is 2.43. The van der Waals surface area contributed by atoms with E-state index in [1.807, 2.05) is 17.0 Å². The summed E-state index contributed by atoms with van der Waals surface area (Å²) < 4.78 is 0. The number of carbonyl (C=O) groups is 1. The van der Waals surface area contributed by atoms with Crippen molar-refractivity contribution in [2.24, 2.45) is 5.92 Å². The second kappa shape index (κ2) is 6.22. The van der Waals surface area contributed by atoms with Crippen molar-refractivity contribution in [2.75, 3.05) is 25.4 Å². The molecule has 3 rings (SSSR count). The lowest BCUT2D eigenvalue weighted by Crippen LogP contribution is -2.58. The molecule has 1 aliphatic heterocycles. The van der Waals surface area contributed by atoms with E-state index in [4.69, 9.17) is 5.73 Å². The molecule has 1 amide bonds. The van der Waals surface area contributed by atoms with Gasteiger partial charge in [-0.25, -0.2) is 4.98 Å². The zero-order chi connectivity index (χ0) is 15.6. The minimum absolute atomic E-state index is 0.127. The lowest BCUT2D eigenvalue weighted by Gasteiger charge is -2.38. The summed E-state index contributed by atoms with van der Waals surface area (Å²) in [6, 6.07) is 3.71. The van der Waals surface area contributed by atoms with Gasteiger partial charge in [0.2, 0.25) is 0 Å². The number of aliphatic hydroxyl groups is 1. The SMILES string of the molecule is Nc1ncccc1CNC[C@@]1(O)CCCN(CC2CC2)C1=O. The van der Waals surface area contributed by atoms with Crippen LogP contribution in [0.3, 0.4) is 0 Å². The third-order valence-electron chi connectivity index (χ3n) is 4.54. The van der Waals surface area contributed by atoms with Crippen molar-refractivity contribution < 1.29 is 9.90 Å². The lowest BCUT2D eigenvalue weighted by molar-refractivity contribution is -0.156. The molecule has 0 unspecified atom stereocenters. The van der Waals surface area contributed by atoms with Crippen LogP contribution in [0.1, 0.15) is 31.2 Å². The number of aromatic nitrogens is 1. The minimum atomic E-state index is -1.29. The Morgan fingerprint density at radius 3 is 3.05 bits per heavy atom.